The Labute approximate surface area is 126 Å². The van der Waals surface area contributed by atoms with Crippen LogP contribution in [0.15, 0.2) is 33.8 Å². The van der Waals surface area contributed by atoms with Gasteiger partial charge in [-0.1, -0.05) is 0 Å². The highest BCUT2D eigenvalue weighted by atomic mass is 16.3. The molecule has 0 atom stereocenters. The molecule has 0 saturated heterocycles. The number of oxazole rings is 1. The van der Waals surface area contributed by atoms with E-state index in [1.165, 1.54) is 12.4 Å². The monoisotopic (exact) mass is 297 g/mol. The molecule has 2 heterocycles. The Kier molecular flexibility index (Phi) is 3.60. The highest BCUT2D eigenvalue weighted by molar-refractivity contribution is 5.88. The summed E-state index contributed by atoms with van der Waals surface area (Å²) in [4.78, 5) is 12.6. The van der Waals surface area contributed by atoms with Gasteiger partial charge in [-0.2, -0.15) is 0 Å². The van der Waals surface area contributed by atoms with Crippen molar-refractivity contribution in [2.75, 3.05) is 0 Å². The molecule has 0 spiro atoms. The van der Waals surface area contributed by atoms with Crippen molar-refractivity contribution in [1.29, 1.82) is 0 Å². The van der Waals surface area contributed by atoms with Gasteiger partial charge in [0, 0.05) is 30.5 Å². The molecule has 0 saturated carbocycles. The normalized spacial score (nSPS) is 11.6. The van der Waals surface area contributed by atoms with Crippen LogP contribution in [0.2, 0.25) is 0 Å². The third-order valence-electron chi connectivity index (χ3n) is 3.35. The zero-order valence-electron chi connectivity index (χ0n) is 12.2. The molecule has 3 aromatic rings. The van der Waals surface area contributed by atoms with Gasteiger partial charge in [0.1, 0.15) is 11.3 Å². The lowest BCUT2D eigenvalue weighted by atomic mass is 10.1. The molecule has 0 fully saturated rings. The summed E-state index contributed by atoms with van der Waals surface area (Å²) in [6.45, 7) is 3.26. The summed E-state index contributed by atoms with van der Waals surface area (Å²) >= 11 is 0. The van der Waals surface area contributed by atoms with Crippen LogP contribution in [0.3, 0.4) is 0 Å². The third-order valence-corrected chi connectivity index (χ3v) is 3.35. The zero-order valence-corrected chi connectivity index (χ0v) is 12.2. The second-order valence-corrected chi connectivity index (χ2v) is 4.93. The second kappa shape index (κ2) is 5.57. The molecule has 6 heteroatoms. The van der Waals surface area contributed by atoms with Crippen molar-refractivity contribution in [3.63, 3.8) is 0 Å². The van der Waals surface area contributed by atoms with E-state index in [9.17, 15) is 10.2 Å². The topological polar surface area (TPSA) is 91.7 Å². The van der Waals surface area contributed by atoms with Crippen LogP contribution in [0.25, 0.3) is 11.1 Å². The van der Waals surface area contributed by atoms with Gasteiger partial charge < -0.3 is 14.6 Å². The van der Waals surface area contributed by atoms with Crippen molar-refractivity contribution in [2.45, 2.75) is 20.5 Å². The largest absolute Gasteiger partial charge is 0.505 e. The number of aliphatic hydroxyl groups is 1. The zero-order chi connectivity index (χ0) is 15.7. The van der Waals surface area contributed by atoms with Gasteiger partial charge in [-0.15, -0.1) is 0 Å². The Bertz CT molecular complexity index is 868. The highest BCUT2D eigenvalue weighted by Gasteiger charge is 2.09. The molecule has 2 aromatic heterocycles. The third kappa shape index (κ3) is 2.56. The van der Waals surface area contributed by atoms with E-state index < -0.39 is 0 Å². The molecule has 0 radical (unpaired) electrons. The van der Waals surface area contributed by atoms with Gasteiger partial charge in [0.25, 0.3) is 0 Å². The smallest absolute Gasteiger partial charge is 0.192 e. The van der Waals surface area contributed by atoms with Crippen molar-refractivity contribution >= 4 is 23.0 Å². The van der Waals surface area contributed by atoms with Crippen LogP contribution >= 0.6 is 0 Å². The minimum Gasteiger partial charge on any atom is -0.505 e. The Morgan fingerprint density at radius 3 is 2.91 bits per heavy atom. The van der Waals surface area contributed by atoms with E-state index in [1.54, 1.807) is 32.0 Å². The number of rotatable bonds is 3. The van der Waals surface area contributed by atoms with Crippen LogP contribution in [0, 0.1) is 13.8 Å². The molecule has 0 aliphatic carbocycles. The first-order chi connectivity index (χ1) is 10.6. The van der Waals surface area contributed by atoms with E-state index >= 15 is 0 Å². The molecule has 0 aliphatic rings. The summed E-state index contributed by atoms with van der Waals surface area (Å²) in [6.07, 6.45) is 3.05. The van der Waals surface area contributed by atoms with Crippen molar-refractivity contribution in [3.05, 3.63) is 47.1 Å². The first-order valence-electron chi connectivity index (χ1n) is 6.78. The summed E-state index contributed by atoms with van der Waals surface area (Å²) in [5.74, 6) is 0.620. The summed E-state index contributed by atoms with van der Waals surface area (Å²) in [5.41, 5.74) is 3.58. The molecule has 112 valence electrons. The highest BCUT2D eigenvalue weighted by Crippen LogP contribution is 2.25. The summed E-state index contributed by atoms with van der Waals surface area (Å²) < 4.78 is 5.41. The number of benzene rings is 1. The number of nitrogens with zero attached hydrogens (tertiary/aromatic N) is 3. The number of aromatic nitrogens is 2. The molecule has 0 aliphatic heterocycles. The molecule has 2 N–H and O–H groups in total. The number of aliphatic hydroxyl groups excluding tert-OH is 1. The summed E-state index contributed by atoms with van der Waals surface area (Å²) in [5, 5.41) is 19.4. The molecule has 1 aromatic carbocycles. The fourth-order valence-electron chi connectivity index (χ4n) is 2.17. The fourth-order valence-corrected chi connectivity index (χ4v) is 2.17. The van der Waals surface area contributed by atoms with Crippen LogP contribution in [0.5, 0.6) is 5.75 Å². The van der Waals surface area contributed by atoms with Gasteiger partial charge in [-0.3, -0.25) is 9.98 Å². The lowest BCUT2D eigenvalue weighted by Crippen LogP contribution is -1.97. The van der Waals surface area contributed by atoms with E-state index in [0.717, 1.165) is 5.52 Å². The standard InChI is InChI=1S/C16H15N3O3/c1-9-16(21)13(11(8-20)6-17-9)7-18-12-3-4-15-14(5-12)19-10(2)22-15/h3-7,20-21H,8H2,1-2H3. The summed E-state index contributed by atoms with van der Waals surface area (Å²) in [6, 6.07) is 5.39. The van der Waals surface area contributed by atoms with Crippen LogP contribution in [0.1, 0.15) is 22.7 Å². The number of aromatic hydroxyl groups is 1. The number of aryl methyl sites for hydroxylation is 2. The lowest BCUT2D eigenvalue weighted by molar-refractivity contribution is 0.280. The number of aliphatic imine (C=N–C) groups is 1. The molecule has 0 bridgehead atoms. The Hall–Kier alpha value is -2.73. The maximum atomic E-state index is 10.1. The maximum absolute atomic E-state index is 10.1. The van der Waals surface area contributed by atoms with E-state index in [1.807, 2.05) is 0 Å². The molecule has 3 rings (SSSR count). The average Bonchev–Trinajstić information content (AvgIpc) is 2.88. The predicted octanol–water partition coefficient (Wildman–Crippen LogP) is 2.79. The van der Waals surface area contributed by atoms with E-state index in [4.69, 9.17) is 4.42 Å². The number of hydrogen-bond acceptors (Lipinski definition) is 6. The Morgan fingerprint density at radius 2 is 2.14 bits per heavy atom. The van der Waals surface area contributed by atoms with Gasteiger partial charge in [0.05, 0.1) is 18.0 Å². The van der Waals surface area contributed by atoms with Gasteiger partial charge in [-0.05, 0) is 25.1 Å². The first-order valence-corrected chi connectivity index (χ1v) is 6.78. The van der Waals surface area contributed by atoms with Gasteiger partial charge in [-0.25, -0.2) is 4.98 Å². The van der Waals surface area contributed by atoms with E-state index in [2.05, 4.69) is 15.0 Å². The predicted molar refractivity (Wildman–Crippen MR) is 82.6 cm³/mol. The van der Waals surface area contributed by atoms with Crippen molar-refractivity contribution in [2.24, 2.45) is 4.99 Å². The van der Waals surface area contributed by atoms with Crippen molar-refractivity contribution in [1.82, 2.24) is 9.97 Å². The quantitative estimate of drug-likeness (QED) is 0.725. The lowest BCUT2D eigenvalue weighted by Gasteiger charge is -2.06. The van der Waals surface area contributed by atoms with Crippen molar-refractivity contribution < 1.29 is 14.6 Å². The van der Waals surface area contributed by atoms with Crippen LogP contribution < -0.4 is 0 Å². The Balaban J connectivity index is 2.00. The van der Waals surface area contributed by atoms with E-state index in [-0.39, 0.29) is 12.4 Å². The maximum Gasteiger partial charge on any atom is 0.192 e. The minimum absolute atomic E-state index is 0.0219. The SMILES string of the molecule is Cc1nc2cc(N=Cc3c(CO)cnc(C)c3O)ccc2o1. The number of hydrogen-bond donors (Lipinski definition) is 2. The molecule has 22 heavy (non-hydrogen) atoms. The first kappa shape index (κ1) is 14.2. The fraction of sp³-hybridized carbons (Fsp3) is 0.188. The molecule has 6 nitrogen and oxygen atoms in total. The van der Waals surface area contributed by atoms with Gasteiger partial charge >= 0.3 is 0 Å². The van der Waals surface area contributed by atoms with Gasteiger partial charge in [0.2, 0.25) is 0 Å². The van der Waals surface area contributed by atoms with Gasteiger partial charge in [0.15, 0.2) is 11.5 Å². The van der Waals surface area contributed by atoms with Crippen molar-refractivity contribution in [3.8, 4) is 5.75 Å². The Morgan fingerprint density at radius 1 is 1.32 bits per heavy atom. The number of fused-ring (bicyclic) bond motifs is 1. The molecule has 0 unspecified atom stereocenters. The number of pyridine rings is 1. The molecular formula is C16H15N3O3. The van der Waals surface area contributed by atoms with Crippen LogP contribution in [0.4, 0.5) is 5.69 Å². The van der Waals surface area contributed by atoms with E-state index in [0.29, 0.717) is 34.0 Å². The van der Waals surface area contributed by atoms with Crippen LogP contribution in [-0.2, 0) is 6.61 Å². The minimum atomic E-state index is -0.219. The second-order valence-electron chi connectivity index (χ2n) is 4.93. The molecule has 0 amide bonds. The summed E-state index contributed by atoms with van der Waals surface area (Å²) in [7, 11) is 0. The molecular weight excluding hydrogens is 282 g/mol. The average molecular weight is 297 g/mol. The van der Waals surface area contributed by atoms with Crippen LogP contribution in [-0.4, -0.2) is 26.4 Å².